The molecule has 2 aromatic rings. The zero-order valence-electron chi connectivity index (χ0n) is 10.7. The van der Waals surface area contributed by atoms with Gasteiger partial charge in [-0.15, -0.1) is 0 Å². The number of benzene rings is 1. The number of carbonyl (C=O) groups is 2. The number of hydrogen-bond donors (Lipinski definition) is 1. The van der Waals surface area contributed by atoms with Crippen LogP contribution in [0.15, 0.2) is 28.9 Å². The standard InChI is InChI=1S/C14H12FNO4/c1-19-14(18)12-9(6-16-13(12)17)8-4-7-2-3-20-11(7)5-10(8)15/h2-5,9,12H,6H2,1H3,(H,16,17)/t9-,12-/m0/s1. The molecule has 1 aromatic carbocycles. The van der Waals surface area contributed by atoms with Gasteiger partial charge in [-0.25, -0.2) is 4.39 Å². The van der Waals surface area contributed by atoms with Gasteiger partial charge in [0.15, 0.2) is 0 Å². The number of ether oxygens (including phenoxy) is 1. The molecule has 0 unspecified atom stereocenters. The molecule has 2 heterocycles. The lowest BCUT2D eigenvalue weighted by Crippen LogP contribution is -2.28. The van der Waals surface area contributed by atoms with E-state index < -0.39 is 29.5 Å². The van der Waals surface area contributed by atoms with Crippen LogP contribution in [0.3, 0.4) is 0 Å². The topological polar surface area (TPSA) is 68.5 Å². The Morgan fingerprint density at radius 2 is 2.30 bits per heavy atom. The molecule has 1 aromatic heterocycles. The predicted octanol–water partition coefficient (Wildman–Crippen LogP) is 1.57. The largest absolute Gasteiger partial charge is 0.468 e. The number of amides is 1. The molecule has 1 N–H and O–H groups in total. The summed E-state index contributed by atoms with van der Waals surface area (Å²) in [5.74, 6) is -3.18. The summed E-state index contributed by atoms with van der Waals surface area (Å²) < 4.78 is 23.9. The lowest BCUT2D eigenvalue weighted by Gasteiger charge is -2.15. The molecule has 1 aliphatic heterocycles. The van der Waals surface area contributed by atoms with Gasteiger partial charge in [-0.2, -0.15) is 0 Å². The first kappa shape index (κ1) is 12.7. The molecule has 2 atom stereocenters. The van der Waals surface area contributed by atoms with Crippen LogP contribution < -0.4 is 5.32 Å². The normalized spacial score (nSPS) is 22.0. The molecule has 1 amide bonds. The molecule has 1 aliphatic rings. The maximum Gasteiger partial charge on any atom is 0.318 e. The van der Waals surface area contributed by atoms with E-state index in [0.717, 1.165) is 5.39 Å². The SMILES string of the molecule is COC(=O)[C@@H]1C(=O)NC[C@H]1c1cc2ccoc2cc1F. The fraction of sp³-hybridized carbons (Fsp3) is 0.286. The number of esters is 1. The number of rotatable bonds is 2. The van der Waals surface area contributed by atoms with Crippen LogP contribution in [-0.4, -0.2) is 25.5 Å². The van der Waals surface area contributed by atoms with Crippen LogP contribution in [0.2, 0.25) is 0 Å². The number of carbonyl (C=O) groups excluding carboxylic acids is 2. The van der Waals surface area contributed by atoms with E-state index in [1.165, 1.54) is 19.4 Å². The van der Waals surface area contributed by atoms with Crippen molar-refractivity contribution >= 4 is 22.8 Å². The highest BCUT2D eigenvalue weighted by Gasteiger charge is 2.43. The second-order valence-electron chi connectivity index (χ2n) is 4.68. The fourth-order valence-electron chi connectivity index (χ4n) is 2.60. The van der Waals surface area contributed by atoms with Crippen LogP contribution in [0.4, 0.5) is 4.39 Å². The lowest BCUT2D eigenvalue weighted by molar-refractivity contribution is -0.149. The minimum atomic E-state index is -1.01. The molecule has 20 heavy (non-hydrogen) atoms. The van der Waals surface area contributed by atoms with Gasteiger partial charge in [-0.05, 0) is 17.7 Å². The van der Waals surface area contributed by atoms with Gasteiger partial charge in [0.05, 0.1) is 13.4 Å². The van der Waals surface area contributed by atoms with E-state index >= 15 is 0 Å². The minimum Gasteiger partial charge on any atom is -0.468 e. The Kier molecular flexibility index (Phi) is 2.93. The molecule has 104 valence electrons. The summed E-state index contributed by atoms with van der Waals surface area (Å²) in [5.41, 5.74) is 0.741. The summed E-state index contributed by atoms with van der Waals surface area (Å²) in [7, 11) is 1.21. The summed E-state index contributed by atoms with van der Waals surface area (Å²) in [6.45, 7) is 0.207. The predicted molar refractivity (Wildman–Crippen MR) is 67.4 cm³/mol. The van der Waals surface area contributed by atoms with Crippen molar-refractivity contribution in [2.75, 3.05) is 13.7 Å². The van der Waals surface area contributed by atoms with Gasteiger partial charge in [-0.1, -0.05) is 0 Å². The molecular weight excluding hydrogens is 265 g/mol. The van der Waals surface area contributed by atoms with E-state index in [9.17, 15) is 14.0 Å². The maximum atomic E-state index is 14.2. The van der Waals surface area contributed by atoms with E-state index in [1.807, 2.05) is 0 Å². The van der Waals surface area contributed by atoms with E-state index in [-0.39, 0.29) is 6.54 Å². The highest BCUT2D eigenvalue weighted by Crippen LogP contribution is 2.34. The first-order valence-electron chi connectivity index (χ1n) is 6.14. The van der Waals surface area contributed by atoms with Gasteiger partial charge in [0.2, 0.25) is 5.91 Å². The molecule has 6 heteroatoms. The third kappa shape index (κ3) is 1.84. The van der Waals surface area contributed by atoms with Crippen LogP contribution in [0.5, 0.6) is 0 Å². The first-order chi connectivity index (χ1) is 9.61. The summed E-state index contributed by atoms with van der Waals surface area (Å²) in [6, 6.07) is 4.58. The Morgan fingerprint density at radius 3 is 3.05 bits per heavy atom. The molecule has 1 fully saturated rings. The third-order valence-corrected chi connectivity index (χ3v) is 3.61. The second-order valence-corrected chi connectivity index (χ2v) is 4.68. The average Bonchev–Trinajstić information content (AvgIpc) is 3.02. The average molecular weight is 277 g/mol. The van der Waals surface area contributed by atoms with Crippen LogP contribution in [-0.2, 0) is 14.3 Å². The highest BCUT2D eigenvalue weighted by molar-refractivity contribution is 6.00. The molecule has 0 saturated carbocycles. The van der Waals surface area contributed by atoms with Crippen LogP contribution in [0, 0.1) is 11.7 Å². The highest BCUT2D eigenvalue weighted by atomic mass is 19.1. The first-order valence-corrected chi connectivity index (χ1v) is 6.14. The van der Waals surface area contributed by atoms with Crippen molar-refractivity contribution in [2.45, 2.75) is 5.92 Å². The van der Waals surface area contributed by atoms with E-state index in [0.29, 0.717) is 11.1 Å². The van der Waals surface area contributed by atoms with Crippen LogP contribution in [0.1, 0.15) is 11.5 Å². The summed E-state index contributed by atoms with van der Waals surface area (Å²) in [5, 5.41) is 3.30. The van der Waals surface area contributed by atoms with Crippen molar-refractivity contribution < 1.29 is 23.1 Å². The molecule has 0 radical (unpaired) electrons. The maximum absolute atomic E-state index is 14.2. The number of hydrogen-bond acceptors (Lipinski definition) is 4. The molecule has 0 spiro atoms. The number of fused-ring (bicyclic) bond motifs is 1. The van der Waals surface area contributed by atoms with Crippen LogP contribution in [0.25, 0.3) is 11.0 Å². The van der Waals surface area contributed by atoms with E-state index in [4.69, 9.17) is 4.42 Å². The molecule has 1 saturated heterocycles. The van der Waals surface area contributed by atoms with Crippen molar-refractivity contribution in [1.82, 2.24) is 5.32 Å². The van der Waals surface area contributed by atoms with Crippen LogP contribution >= 0.6 is 0 Å². The zero-order valence-corrected chi connectivity index (χ0v) is 10.7. The van der Waals surface area contributed by atoms with Gasteiger partial charge in [0, 0.05) is 23.9 Å². The molecule has 0 bridgehead atoms. The third-order valence-electron chi connectivity index (χ3n) is 3.61. The fourth-order valence-corrected chi connectivity index (χ4v) is 2.60. The number of nitrogens with one attached hydrogen (secondary N) is 1. The number of furan rings is 1. The van der Waals surface area contributed by atoms with Gasteiger partial charge in [0.1, 0.15) is 17.3 Å². The number of methoxy groups -OCH3 is 1. The van der Waals surface area contributed by atoms with Gasteiger partial charge >= 0.3 is 5.97 Å². The molecule has 3 rings (SSSR count). The van der Waals surface area contributed by atoms with Crippen molar-refractivity contribution in [3.63, 3.8) is 0 Å². The Balaban J connectivity index is 2.07. The van der Waals surface area contributed by atoms with Crippen molar-refractivity contribution in [3.8, 4) is 0 Å². The molecule has 0 aliphatic carbocycles. The van der Waals surface area contributed by atoms with Crippen molar-refractivity contribution in [1.29, 1.82) is 0 Å². The zero-order chi connectivity index (χ0) is 14.3. The molecular formula is C14H12FNO4. The number of halogens is 1. The summed E-state index contributed by atoms with van der Waals surface area (Å²) >= 11 is 0. The van der Waals surface area contributed by atoms with Crippen molar-refractivity contribution in [2.24, 2.45) is 5.92 Å². The Bertz CT molecular complexity index is 694. The van der Waals surface area contributed by atoms with Gasteiger partial charge in [0.25, 0.3) is 0 Å². The summed E-state index contributed by atoms with van der Waals surface area (Å²) in [6.07, 6.45) is 1.46. The lowest BCUT2D eigenvalue weighted by atomic mass is 9.87. The minimum absolute atomic E-state index is 0.207. The monoisotopic (exact) mass is 277 g/mol. The van der Waals surface area contributed by atoms with Gasteiger partial charge in [-0.3, -0.25) is 9.59 Å². The van der Waals surface area contributed by atoms with E-state index in [2.05, 4.69) is 10.1 Å². The quantitative estimate of drug-likeness (QED) is 0.668. The Labute approximate surface area is 113 Å². The summed E-state index contributed by atoms with van der Waals surface area (Å²) in [4.78, 5) is 23.4. The van der Waals surface area contributed by atoms with Gasteiger partial charge < -0.3 is 14.5 Å². The Hall–Kier alpha value is -2.37. The second kappa shape index (κ2) is 4.63. The molecule has 5 nitrogen and oxygen atoms in total. The van der Waals surface area contributed by atoms with E-state index in [1.54, 1.807) is 12.1 Å². The Morgan fingerprint density at radius 1 is 1.50 bits per heavy atom. The smallest absolute Gasteiger partial charge is 0.318 e. The van der Waals surface area contributed by atoms with Crippen molar-refractivity contribution in [3.05, 3.63) is 35.8 Å².